The fourth-order valence-corrected chi connectivity index (χ4v) is 3.60. The first-order valence-electron chi connectivity index (χ1n) is 6.94. The Hall–Kier alpha value is -1.69. The van der Waals surface area contributed by atoms with Crippen LogP contribution in [0.15, 0.2) is 24.3 Å². The molecule has 0 saturated carbocycles. The third-order valence-corrected chi connectivity index (χ3v) is 4.78. The summed E-state index contributed by atoms with van der Waals surface area (Å²) >= 11 is 1.48. The van der Waals surface area contributed by atoms with Gasteiger partial charge in [-0.25, -0.2) is 9.59 Å². The van der Waals surface area contributed by atoms with Gasteiger partial charge >= 0.3 is 12.0 Å². The van der Waals surface area contributed by atoms with Crippen molar-refractivity contribution in [3.05, 3.63) is 29.8 Å². The Morgan fingerprint density at radius 1 is 1.38 bits per heavy atom. The summed E-state index contributed by atoms with van der Waals surface area (Å²) in [6.07, 6.45) is 0. The number of carbonyl (C=O) groups is 2. The molecular weight excluding hydrogens is 288 g/mol. The van der Waals surface area contributed by atoms with E-state index in [4.69, 9.17) is 0 Å². The van der Waals surface area contributed by atoms with Crippen molar-refractivity contribution in [1.82, 2.24) is 4.90 Å². The van der Waals surface area contributed by atoms with Gasteiger partial charge in [0.2, 0.25) is 0 Å². The Labute approximate surface area is 128 Å². The first-order valence-corrected chi connectivity index (χ1v) is 7.99. The van der Waals surface area contributed by atoms with Crippen molar-refractivity contribution in [3.63, 3.8) is 0 Å². The molecule has 2 N–H and O–H groups in total. The number of hydrogen-bond donors (Lipinski definition) is 2. The second-order valence-corrected chi connectivity index (χ2v) is 6.71. The lowest BCUT2D eigenvalue weighted by Crippen LogP contribution is -2.46. The van der Waals surface area contributed by atoms with E-state index in [1.165, 1.54) is 16.7 Å². The van der Waals surface area contributed by atoms with E-state index in [-0.39, 0.29) is 17.3 Å². The molecule has 1 fully saturated rings. The van der Waals surface area contributed by atoms with Gasteiger partial charge in [0.15, 0.2) is 0 Å². The zero-order valence-corrected chi connectivity index (χ0v) is 13.2. The first kappa shape index (κ1) is 15.7. The minimum atomic E-state index is -0.959. The molecule has 1 aromatic carbocycles. The zero-order chi connectivity index (χ0) is 15.6. The van der Waals surface area contributed by atoms with Crippen molar-refractivity contribution in [2.75, 3.05) is 11.1 Å². The molecule has 1 aliphatic heterocycles. The molecule has 0 bridgehead atoms. The summed E-state index contributed by atoms with van der Waals surface area (Å²) < 4.78 is 0. The van der Waals surface area contributed by atoms with E-state index in [0.717, 1.165) is 11.3 Å². The van der Waals surface area contributed by atoms with Crippen molar-refractivity contribution in [2.45, 2.75) is 38.1 Å². The van der Waals surface area contributed by atoms with Crippen molar-refractivity contribution >= 4 is 29.4 Å². The minimum Gasteiger partial charge on any atom is -0.480 e. The molecule has 0 radical (unpaired) electrons. The van der Waals surface area contributed by atoms with Gasteiger partial charge in [0.1, 0.15) is 6.04 Å². The van der Waals surface area contributed by atoms with Crippen molar-refractivity contribution in [2.24, 2.45) is 0 Å². The predicted octanol–water partition coefficient (Wildman–Crippen LogP) is 3.19. The highest BCUT2D eigenvalue weighted by atomic mass is 32.2. The molecule has 6 heteroatoms. The smallest absolute Gasteiger partial charge is 0.327 e. The van der Waals surface area contributed by atoms with Crippen LogP contribution in [-0.4, -0.2) is 39.2 Å². The number of carboxylic acids is 1. The van der Waals surface area contributed by atoms with Gasteiger partial charge in [-0.05, 0) is 24.5 Å². The van der Waals surface area contributed by atoms with Crippen LogP contribution in [0.1, 0.15) is 32.3 Å². The van der Waals surface area contributed by atoms with Crippen LogP contribution in [0.2, 0.25) is 0 Å². The third-order valence-electron chi connectivity index (χ3n) is 3.57. The number of aliphatic carboxylic acids is 1. The molecule has 0 spiro atoms. The average Bonchev–Trinajstić information content (AvgIpc) is 2.81. The fourth-order valence-electron chi connectivity index (χ4n) is 2.44. The van der Waals surface area contributed by atoms with Gasteiger partial charge in [0.25, 0.3) is 0 Å². The quantitative estimate of drug-likeness (QED) is 0.899. The summed E-state index contributed by atoms with van der Waals surface area (Å²) in [4.78, 5) is 25.1. The van der Waals surface area contributed by atoms with E-state index in [0.29, 0.717) is 5.75 Å². The van der Waals surface area contributed by atoms with Crippen LogP contribution in [0.3, 0.4) is 0 Å². The number of anilines is 1. The van der Waals surface area contributed by atoms with Gasteiger partial charge < -0.3 is 10.4 Å². The maximum absolute atomic E-state index is 12.5. The Morgan fingerprint density at radius 3 is 2.67 bits per heavy atom. The van der Waals surface area contributed by atoms with Crippen LogP contribution in [-0.2, 0) is 4.79 Å². The first-order chi connectivity index (χ1) is 9.91. The number of hydrogen-bond acceptors (Lipinski definition) is 3. The van der Waals surface area contributed by atoms with Crippen LogP contribution in [0.4, 0.5) is 10.5 Å². The van der Waals surface area contributed by atoms with Crippen LogP contribution in [0.25, 0.3) is 0 Å². The van der Waals surface area contributed by atoms with Crippen LogP contribution >= 0.6 is 11.8 Å². The van der Waals surface area contributed by atoms with Crippen LogP contribution in [0.5, 0.6) is 0 Å². The molecule has 1 saturated heterocycles. The largest absolute Gasteiger partial charge is 0.480 e. The normalized spacial score (nSPS) is 21.6. The molecule has 1 aliphatic rings. The van der Waals surface area contributed by atoms with E-state index in [9.17, 15) is 14.7 Å². The number of urea groups is 1. The Bertz CT molecular complexity index is 547. The summed E-state index contributed by atoms with van der Waals surface area (Å²) in [5.74, 6) is -0.253. The van der Waals surface area contributed by atoms with E-state index < -0.39 is 12.0 Å². The minimum absolute atomic E-state index is 0.141. The second-order valence-electron chi connectivity index (χ2n) is 5.37. The zero-order valence-electron chi connectivity index (χ0n) is 12.4. The summed E-state index contributed by atoms with van der Waals surface area (Å²) in [5, 5.41) is 11.9. The SMILES string of the molecule is CC(C)c1ccccc1NC(=O)N1C(C)SCC1C(=O)O. The number of thioether (sulfide) groups is 1. The molecule has 1 aromatic rings. The highest BCUT2D eigenvalue weighted by molar-refractivity contribution is 8.00. The number of para-hydroxylation sites is 1. The average molecular weight is 308 g/mol. The van der Waals surface area contributed by atoms with Gasteiger partial charge in [0, 0.05) is 11.4 Å². The summed E-state index contributed by atoms with van der Waals surface area (Å²) in [6.45, 7) is 5.96. The predicted molar refractivity (Wildman–Crippen MR) is 84.7 cm³/mol. The van der Waals surface area contributed by atoms with Gasteiger partial charge in [-0.3, -0.25) is 4.90 Å². The van der Waals surface area contributed by atoms with Gasteiger partial charge in [0.05, 0.1) is 5.37 Å². The molecule has 2 amide bonds. The molecule has 2 unspecified atom stereocenters. The molecule has 5 nitrogen and oxygen atoms in total. The molecule has 114 valence electrons. The van der Waals surface area contributed by atoms with Crippen LogP contribution in [0, 0.1) is 0 Å². The van der Waals surface area contributed by atoms with E-state index in [1.807, 2.05) is 31.2 Å². The van der Waals surface area contributed by atoms with Gasteiger partial charge in [-0.15, -0.1) is 11.8 Å². The number of nitrogens with zero attached hydrogens (tertiary/aromatic N) is 1. The topological polar surface area (TPSA) is 69.6 Å². The van der Waals surface area contributed by atoms with E-state index >= 15 is 0 Å². The Balaban J connectivity index is 2.20. The summed E-state index contributed by atoms with van der Waals surface area (Å²) in [5.41, 5.74) is 1.78. The Morgan fingerprint density at radius 2 is 2.05 bits per heavy atom. The van der Waals surface area contributed by atoms with Gasteiger partial charge in [-0.2, -0.15) is 0 Å². The summed E-state index contributed by atoms with van der Waals surface area (Å²) in [7, 11) is 0. The summed E-state index contributed by atoms with van der Waals surface area (Å²) in [6, 6.07) is 6.48. The molecular formula is C15H20N2O3S. The van der Waals surface area contributed by atoms with Crippen molar-refractivity contribution < 1.29 is 14.7 Å². The Kier molecular flexibility index (Phi) is 4.77. The number of carbonyl (C=O) groups excluding carboxylic acids is 1. The lowest BCUT2D eigenvalue weighted by atomic mass is 10.0. The number of benzene rings is 1. The van der Waals surface area contributed by atoms with Crippen LogP contribution < -0.4 is 5.32 Å². The molecule has 2 atom stereocenters. The molecule has 1 heterocycles. The van der Waals surface area contributed by atoms with E-state index in [1.54, 1.807) is 0 Å². The van der Waals surface area contributed by atoms with Gasteiger partial charge in [-0.1, -0.05) is 32.0 Å². The highest BCUT2D eigenvalue weighted by Gasteiger charge is 2.39. The number of rotatable bonds is 3. The highest BCUT2D eigenvalue weighted by Crippen LogP contribution is 2.30. The van der Waals surface area contributed by atoms with Crippen molar-refractivity contribution in [3.8, 4) is 0 Å². The standard InChI is InChI=1S/C15H20N2O3S/c1-9(2)11-6-4-5-7-12(11)16-15(20)17-10(3)21-8-13(17)14(18)19/h4-7,9-10,13H,8H2,1-3H3,(H,16,20)(H,18,19). The fraction of sp³-hybridized carbons (Fsp3) is 0.467. The monoisotopic (exact) mass is 308 g/mol. The molecule has 2 rings (SSSR count). The molecule has 21 heavy (non-hydrogen) atoms. The lowest BCUT2D eigenvalue weighted by molar-refractivity contribution is -0.141. The maximum atomic E-state index is 12.5. The molecule has 0 aliphatic carbocycles. The number of nitrogens with one attached hydrogen (secondary N) is 1. The number of carboxylic acid groups (broad SMARTS) is 1. The third kappa shape index (κ3) is 3.32. The van der Waals surface area contributed by atoms with E-state index in [2.05, 4.69) is 19.2 Å². The second kappa shape index (κ2) is 6.39. The maximum Gasteiger partial charge on any atom is 0.327 e. The number of amides is 2. The molecule has 0 aromatic heterocycles. The lowest BCUT2D eigenvalue weighted by Gasteiger charge is -2.26. The van der Waals surface area contributed by atoms with Crippen molar-refractivity contribution in [1.29, 1.82) is 0 Å².